The molecule has 0 spiro atoms. The van der Waals surface area contributed by atoms with Gasteiger partial charge in [-0.25, -0.2) is 0 Å². The van der Waals surface area contributed by atoms with Gasteiger partial charge in [0.1, 0.15) is 0 Å². The fourth-order valence-corrected chi connectivity index (χ4v) is 3.64. The number of aryl methyl sites for hydroxylation is 2. The van der Waals surface area contributed by atoms with E-state index in [0.717, 1.165) is 19.4 Å². The monoisotopic (exact) mass is 348 g/mol. The minimum atomic E-state index is 0.0487. The third-order valence-electron chi connectivity index (χ3n) is 5.00. The molecule has 0 aliphatic carbocycles. The Kier molecular flexibility index (Phi) is 5.77. The molecule has 1 amide bonds. The average molecular weight is 348 g/mol. The predicted octanol–water partition coefficient (Wildman–Crippen LogP) is 5.09. The second-order valence-electron chi connectivity index (χ2n) is 6.96. The number of nitrogens with one attached hydrogen (secondary N) is 2. The van der Waals surface area contributed by atoms with E-state index in [1.54, 1.807) is 0 Å². The van der Waals surface area contributed by atoms with E-state index in [1.165, 1.54) is 33.2 Å². The summed E-state index contributed by atoms with van der Waals surface area (Å²) in [6.07, 6.45) is 4.49. The van der Waals surface area contributed by atoms with Crippen LogP contribution >= 0.6 is 0 Å². The molecule has 136 valence electrons. The Balaban J connectivity index is 2.04. The zero-order valence-corrected chi connectivity index (χ0v) is 15.9. The van der Waals surface area contributed by atoms with Crippen molar-refractivity contribution in [2.45, 2.75) is 46.0 Å². The zero-order valence-electron chi connectivity index (χ0n) is 15.9. The maximum Gasteiger partial charge on any atom is 0.220 e. The molecular weight excluding hydrogens is 320 g/mol. The molecule has 0 aliphatic rings. The summed E-state index contributed by atoms with van der Waals surface area (Å²) in [5, 5.41) is 4.25. The molecule has 1 atom stereocenters. The van der Waals surface area contributed by atoms with Crippen molar-refractivity contribution in [3.05, 3.63) is 70.9 Å². The first-order chi connectivity index (χ1) is 12.6. The Morgan fingerprint density at radius 3 is 2.69 bits per heavy atom. The Hall–Kier alpha value is -2.55. The van der Waals surface area contributed by atoms with Gasteiger partial charge in [-0.2, -0.15) is 0 Å². The van der Waals surface area contributed by atoms with E-state index in [2.05, 4.69) is 79.7 Å². The maximum atomic E-state index is 12.5. The van der Waals surface area contributed by atoms with Crippen molar-refractivity contribution in [1.82, 2.24) is 10.3 Å². The van der Waals surface area contributed by atoms with Crippen molar-refractivity contribution in [3.63, 3.8) is 0 Å². The van der Waals surface area contributed by atoms with Gasteiger partial charge in [-0.3, -0.25) is 4.79 Å². The first kappa shape index (κ1) is 18.2. The van der Waals surface area contributed by atoms with Crippen LogP contribution in [0.5, 0.6) is 0 Å². The molecule has 3 aromatic rings. The molecule has 3 nitrogen and oxygen atoms in total. The second kappa shape index (κ2) is 8.22. The summed E-state index contributed by atoms with van der Waals surface area (Å²) in [5.41, 5.74) is 6.12. The van der Waals surface area contributed by atoms with Crippen LogP contribution < -0.4 is 5.32 Å². The topological polar surface area (TPSA) is 44.9 Å². The van der Waals surface area contributed by atoms with Crippen LogP contribution in [0.1, 0.15) is 54.9 Å². The smallest absolute Gasteiger partial charge is 0.220 e. The lowest BCUT2D eigenvalue weighted by Crippen LogP contribution is -2.26. The fraction of sp³-hybridized carbons (Fsp3) is 0.348. The highest BCUT2D eigenvalue weighted by atomic mass is 16.1. The predicted molar refractivity (Wildman–Crippen MR) is 109 cm³/mol. The number of rotatable bonds is 7. The van der Waals surface area contributed by atoms with E-state index in [9.17, 15) is 4.79 Å². The van der Waals surface area contributed by atoms with Crippen LogP contribution in [0.15, 0.2) is 48.7 Å². The first-order valence-corrected chi connectivity index (χ1v) is 9.56. The van der Waals surface area contributed by atoms with Gasteiger partial charge < -0.3 is 10.3 Å². The fourth-order valence-electron chi connectivity index (χ4n) is 3.64. The number of para-hydroxylation sites is 1. The second-order valence-corrected chi connectivity index (χ2v) is 6.96. The van der Waals surface area contributed by atoms with Gasteiger partial charge in [0.05, 0.1) is 0 Å². The number of aromatic nitrogens is 1. The van der Waals surface area contributed by atoms with Crippen LogP contribution in [-0.4, -0.2) is 17.4 Å². The average Bonchev–Trinajstić information content (AvgIpc) is 3.08. The van der Waals surface area contributed by atoms with Crippen molar-refractivity contribution in [2.24, 2.45) is 0 Å². The van der Waals surface area contributed by atoms with E-state index in [0.29, 0.717) is 6.42 Å². The molecule has 1 heterocycles. The summed E-state index contributed by atoms with van der Waals surface area (Å²) in [7, 11) is 0. The quantitative estimate of drug-likeness (QED) is 0.614. The number of benzene rings is 2. The highest BCUT2D eigenvalue weighted by Crippen LogP contribution is 2.34. The van der Waals surface area contributed by atoms with Gasteiger partial charge in [-0.15, -0.1) is 0 Å². The van der Waals surface area contributed by atoms with Gasteiger partial charge in [-0.05, 0) is 36.5 Å². The van der Waals surface area contributed by atoms with Gasteiger partial charge in [0.2, 0.25) is 5.91 Å². The van der Waals surface area contributed by atoms with E-state index in [4.69, 9.17) is 0 Å². The van der Waals surface area contributed by atoms with Crippen molar-refractivity contribution in [2.75, 3.05) is 6.54 Å². The molecule has 2 aromatic carbocycles. The van der Waals surface area contributed by atoms with Gasteiger partial charge in [0, 0.05) is 36.0 Å². The molecule has 1 aromatic heterocycles. The van der Waals surface area contributed by atoms with E-state index in [1.807, 2.05) is 0 Å². The summed E-state index contributed by atoms with van der Waals surface area (Å²) >= 11 is 0. The summed E-state index contributed by atoms with van der Waals surface area (Å²) in [6.45, 7) is 7.07. The lowest BCUT2D eigenvalue weighted by Gasteiger charge is -2.18. The molecule has 2 N–H and O–H groups in total. The van der Waals surface area contributed by atoms with Crippen molar-refractivity contribution >= 4 is 16.8 Å². The van der Waals surface area contributed by atoms with Crippen LogP contribution in [0.2, 0.25) is 0 Å². The Morgan fingerprint density at radius 2 is 1.96 bits per heavy atom. The van der Waals surface area contributed by atoms with Gasteiger partial charge in [0.25, 0.3) is 0 Å². The first-order valence-electron chi connectivity index (χ1n) is 9.56. The molecule has 0 saturated carbocycles. The number of amides is 1. The minimum Gasteiger partial charge on any atom is -0.361 e. The summed E-state index contributed by atoms with van der Waals surface area (Å²) in [4.78, 5) is 16.0. The summed E-state index contributed by atoms with van der Waals surface area (Å²) in [6, 6.07) is 14.9. The Bertz CT molecular complexity index is 894. The maximum absolute atomic E-state index is 12.5. The third kappa shape index (κ3) is 3.82. The number of hydrogen-bond acceptors (Lipinski definition) is 1. The standard InChI is InChI=1S/C23H28N2O/c1-4-12-24-22(26)14-20(18-10-6-8-16(3)13-18)21-15-25-23-17(5-2)9-7-11-19(21)23/h6-11,13,15,20,25H,4-5,12,14H2,1-3H3,(H,24,26)/t20-/m0/s1. The Labute approximate surface area is 155 Å². The number of aromatic amines is 1. The lowest BCUT2D eigenvalue weighted by atomic mass is 9.87. The molecule has 3 heteroatoms. The number of carbonyl (C=O) groups is 1. The van der Waals surface area contributed by atoms with Crippen molar-refractivity contribution in [1.29, 1.82) is 0 Å². The lowest BCUT2D eigenvalue weighted by molar-refractivity contribution is -0.121. The number of fused-ring (bicyclic) bond motifs is 1. The highest BCUT2D eigenvalue weighted by molar-refractivity contribution is 5.88. The van der Waals surface area contributed by atoms with Crippen molar-refractivity contribution < 1.29 is 4.79 Å². The summed E-state index contributed by atoms with van der Waals surface area (Å²) < 4.78 is 0. The van der Waals surface area contributed by atoms with Gasteiger partial charge in [0.15, 0.2) is 0 Å². The van der Waals surface area contributed by atoms with Crippen LogP contribution in [0.4, 0.5) is 0 Å². The van der Waals surface area contributed by atoms with Crippen LogP contribution in [-0.2, 0) is 11.2 Å². The molecule has 0 radical (unpaired) electrons. The molecular formula is C23H28N2O. The molecule has 0 saturated heterocycles. The molecule has 0 unspecified atom stereocenters. The van der Waals surface area contributed by atoms with Crippen molar-refractivity contribution in [3.8, 4) is 0 Å². The Morgan fingerprint density at radius 1 is 1.15 bits per heavy atom. The van der Waals surface area contributed by atoms with Crippen LogP contribution in [0, 0.1) is 6.92 Å². The normalized spacial score (nSPS) is 12.3. The minimum absolute atomic E-state index is 0.0487. The largest absolute Gasteiger partial charge is 0.361 e. The molecule has 0 bridgehead atoms. The van der Waals surface area contributed by atoms with Gasteiger partial charge >= 0.3 is 0 Å². The molecule has 26 heavy (non-hydrogen) atoms. The van der Waals surface area contributed by atoms with Crippen LogP contribution in [0.25, 0.3) is 10.9 Å². The molecule has 0 aliphatic heterocycles. The van der Waals surface area contributed by atoms with E-state index < -0.39 is 0 Å². The third-order valence-corrected chi connectivity index (χ3v) is 5.00. The highest BCUT2D eigenvalue weighted by Gasteiger charge is 2.22. The molecule has 0 fully saturated rings. The SMILES string of the molecule is CCCNC(=O)C[C@@H](c1cccc(C)c1)c1c[nH]c2c(CC)cccc12. The molecule has 3 rings (SSSR count). The van der Waals surface area contributed by atoms with E-state index in [-0.39, 0.29) is 11.8 Å². The van der Waals surface area contributed by atoms with Gasteiger partial charge in [-0.1, -0.05) is 61.9 Å². The van der Waals surface area contributed by atoms with E-state index >= 15 is 0 Å². The zero-order chi connectivity index (χ0) is 18.5. The number of H-pyrrole nitrogens is 1. The number of hydrogen-bond donors (Lipinski definition) is 2. The summed E-state index contributed by atoms with van der Waals surface area (Å²) in [5.74, 6) is 0.159. The van der Waals surface area contributed by atoms with Crippen LogP contribution in [0.3, 0.4) is 0 Å². The number of carbonyl (C=O) groups excluding carboxylic acids is 1.